The number of nitrogens with zero attached hydrogens (tertiary/aromatic N) is 1. The maximum absolute atomic E-state index is 13.4. The molecule has 31 heavy (non-hydrogen) atoms. The molecule has 3 aromatic carbocycles. The molecular formula is C23H13Br2ClFNO3. The Labute approximate surface area is 199 Å². The first-order valence-electron chi connectivity index (χ1n) is 9.04. The summed E-state index contributed by atoms with van der Waals surface area (Å²) < 4.78 is 25.9. The summed E-state index contributed by atoms with van der Waals surface area (Å²) in [6, 6.07) is 16.7. The number of esters is 1. The van der Waals surface area contributed by atoms with Gasteiger partial charge in [0.05, 0.1) is 8.95 Å². The van der Waals surface area contributed by atoms with Crippen molar-refractivity contribution < 1.29 is 18.7 Å². The van der Waals surface area contributed by atoms with Crippen LogP contribution in [-0.2, 0) is 16.1 Å². The van der Waals surface area contributed by atoms with Gasteiger partial charge < -0.3 is 9.47 Å². The lowest BCUT2D eigenvalue weighted by Gasteiger charge is -2.11. The van der Waals surface area contributed by atoms with Crippen LogP contribution in [0.1, 0.15) is 16.7 Å². The van der Waals surface area contributed by atoms with E-state index in [1.807, 2.05) is 18.2 Å². The number of carbonyl (C=O) groups excluding carboxylic acids is 1. The van der Waals surface area contributed by atoms with E-state index in [-0.39, 0.29) is 11.6 Å². The van der Waals surface area contributed by atoms with E-state index in [0.717, 1.165) is 5.56 Å². The second-order valence-corrected chi connectivity index (χ2v) is 8.72. The Morgan fingerprint density at radius 3 is 2.52 bits per heavy atom. The Kier molecular flexibility index (Phi) is 6.55. The summed E-state index contributed by atoms with van der Waals surface area (Å²) in [6.45, 7) is 0.339. The van der Waals surface area contributed by atoms with E-state index in [1.54, 1.807) is 30.3 Å². The Bertz CT molecular complexity index is 1220. The number of cyclic esters (lactones) is 1. The molecule has 3 aromatic rings. The molecule has 1 aliphatic heterocycles. The molecule has 0 atom stereocenters. The van der Waals surface area contributed by atoms with E-state index < -0.39 is 11.8 Å². The van der Waals surface area contributed by atoms with Crippen molar-refractivity contribution in [1.29, 1.82) is 0 Å². The summed E-state index contributed by atoms with van der Waals surface area (Å²) in [5.41, 5.74) is 2.14. The van der Waals surface area contributed by atoms with E-state index in [1.165, 1.54) is 18.2 Å². The number of ether oxygens (including phenoxy) is 2. The highest BCUT2D eigenvalue weighted by molar-refractivity contribution is 9.11. The zero-order chi connectivity index (χ0) is 22.0. The van der Waals surface area contributed by atoms with E-state index in [0.29, 0.717) is 37.5 Å². The Balaban J connectivity index is 1.56. The molecule has 0 bridgehead atoms. The van der Waals surface area contributed by atoms with Gasteiger partial charge in [0, 0.05) is 10.6 Å². The van der Waals surface area contributed by atoms with Crippen LogP contribution in [0.4, 0.5) is 4.39 Å². The second-order valence-electron chi connectivity index (χ2n) is 6.58. The molecule has 8 heteroatoms. The predicted molar refractivity (Wildman–Crippen MR) is 125 cm³/mol. The highest BCUT2D eigenvalue weighted by Gasteiger charge is 2.24. The molecule has 0 amide bonds. The number of hydrogen-bond donors (Lipinski definition) is 0. The summed E-state index contributed by atoms with van der Waals surface area (Å²) in [7, 11) is 0. The number of benzene rings is 3. The van der Waals surface area contributed by atoms with Crippen molar-refractivity contribution in [1.82, 2.24) is 0 Å². The van der Waals surface area contributed by atoms with Gasteiger partial charge in [-0.05, 0) is 91.5 Å². The molecule has 0 radical (unpaired) electrons. The molecule has 4 nitrogen and oxygen atoms in total. The number of aliphatic imine (C=N–C) groups is 1. The van der Waals surface area contributed by atoms with Gasteiger partial charge in [0.25, 0.3) is 0 Å². The third kappa shape index (κ3) is 5.23. The number of carbonyl (C=O) groups is 1. The quantitative estimate of drug-likeness (QED) is 0.249. The molecule has 0 aliphatic carbocycles. The van der Waals surface area contributed by atoms with Gasteiger partial charge in [-0.2, -0.15) is 0 Å². The van der Waals surface area contributed by atoms with Gasteiger partial charge >= 0.3 is 5.97 Å². The SMILES string of the molecule is O=C1OC(c2cccc(F)c2)=N/C1=C/c1cc(Br)c(OCc2cccc(Cl)c2)c(Br)c1. The van der Waals surface area contributed by atoms with Crippen LogP contribution in [0, 0.1) is 5.82 Å². The van der Waals surface area contributed by atoms with Gasteiger partial charge in [-0.1, -0.05) is 29.8 Å². The normalized spacial score (nSPS) is 14.5. The molecule has 0 saturated heterocycles. The molecule has 0 N–H and O–H groups in total. The van der Waals surface area contributed by atoms with Crippen LogP contribution < -0.4 is 4.74 Å². The van der Waals surface area contributed by atoms with Crippen LogP contribution in [0.25, 0.3) is 6.08 Å². The second kappa shape index (κ2) is 9.34. The van der Waals surface area contributed by atoms with Crippen LogP contribution in [0.2, 0.25) is 5.02 Å². The van der Waals surface area contributed by atoms with Crippen LogP contribution in [0.3, 0.4) is 0 Å². The average Bonchev–Trinajstić information content (AvgIpc) is 3.08. The topological polar surface area (TPSA) is 47.9 Å². The van der Waals surface area contributed by atoms with Gasteiger partial charge in [0.15, 0.2) is 5.70 Å². The summed E-state index contributed by atoms with van der Waals surface area (Å²) in [6.07, 6.45) is 1.59. The van der Waals surface area contributed by atoms with Crippen molar-refractivity contribution in [2.75, 3.05) is 0 Å². The van der Waals surface area contributed by atoms with Gasteiger partial charge in [0.1, 0.15) is 18.2 Å². The fourth-order valence-electron chi connectivity index (χ4n) is 2.89. The van der Waals surface area contributed by atoms with Crippen molar-refractivity contribution in [3.8, 4) is 5.75 Å². The monoisotopic (exact) mass is 563 g/mol. The molecule has 0 spiro atoms. The molecule has 0 aromatic heterocycles. The molecule has 1 heterocycles. The lowest BCUT2D eigenvalue weighted by Crippen LogP contribution is -2.05. The van der Waals surface area contributed by atoms with Crippen molar-refractivity contribution in [2.24, 2.45) is 4.99 Å². The fourth-order valence-corrected chi connectivity index (χ4v) is 4.56. The molecule has 4 rings (SSSR count). The average molecular weight is 566 g/mol. The fraction of sp³-hybridized carbons (Fsp3) is 0.0435. The Morgan fingerprint density at radius 1 is 1.06 bits per heavy atom. The lowest BCUT2D eigenvalue weighted by atomic mass is 10.2. The minimum atomic E-state index is -0.604. The minimum absolute atomic E-state index is 0.0651. The summed E-state index contributed by atoms with van der Waals surface area (Å²) in [4.78, 5) is 16.4. The molecule has 1 aliphatic rings. The van der Waals surface area contributed by atoms with Crippen LogP contribution in [0.5, 0.6) is 5.75 Å². The predicted octanol–water partition coefficient (Wildman–Crippen LogP) is 6.93. The number of rotatable bonds is 5. The van der Waals surface area contributed by atoms with Crippen molar-refractivity contribution in [3.63, 3.8) is 0 Å². The van der Waals surface area contributed by atoms with Crippen LogP contribution in [-0.4, -0.2) is 11.9 Å². The van der Waals surface area contributed by atoms with Gasteiger partial charge in [0.2, 0.25) is 5.90 Å². The number of hydrogen-bond acceptors (Lipinski definition) is 4. The molecular weight excluding hydrogens is 553 g/mol. The minimum Gasteiger partial charge on any atom is -0.487 e. The van der Waals surface area contributed by atoms with Crippen LogP contribution in [0.15, 0.2) is 80.3 Å². The maximum atomic E-state index is 13.4. The van der Waals surface area contributed by atoms with Crippen molar-refractivity contribution in [2.45, 2.75) is 6.61 Å². The summed E-state index contributed by atoms with van der Waals surface area (Å²) in [5, 5.41) is 0.641. The van der Waals surface area contributed by atoms with Gasteiger partial charge in [-0.3, -0.25) is 0 Å². The first kappa shape index (κ1) is 21.7. The van der Waals surface area contributed by atoms with E-state index in [2.05, 4.69) is 36.9 Å². The van der Waals surface area contributed by atoms with E-state index in [4.69, 9.17) is 21.1 Å². The van der Waals surface area contributed by atoms with E-state index in [9.17, 15) is 9.18 Å². The van der Waals surface area contributed by atoms with Crippen LogP contribution >= 0.6 is 43.5 Å². The number of halogens is 4. The molecule has 0 fully saturated rings. The highest BCUT2D eigenvalue weighted by Crippen LogP contribution is 2.36. The maximum Gasteiger partial charge on any atom is 0.363 e. The summed E-state index contributed by atoms with van der Waals surface area (Å²) >= 11 is 13.0. The molecule has 0 saturated carbocycles. The molecule has 0 unspecified atom stereocenters. The Morgan fingerprint density at radius 2 is 1.81 bits per heavy atom. The zero-order valence-corrected chi connectivity index (χ0v) is 19.7. The third-order valence-corrected chi connectivity index (χ3v) is 5.70. The Hall–Kier alpha value is -2.48. The lowest BCUT2D eigenvalue weighted by molar-refractivity contribution is -0.129. The first-order chi connectivity index (χ1) is 14.9. The largest absolute Gasteiger partial charge is 0.487 e. The standard InChI is InChI=1S/C23H13Br2ClFNO3/c24-18-8-14(9-19(25)21(18)30-12-13-3-1-5-16(26)7-13)10-20-23(29)31-22(28-20)15-4-2-6-17(27)11-15/h1-11H,12H2/b20-10+. The first-order valence-corrected chi connectivity index (χ1v) is 11.0. The van der Waals surface area contributed by atoms with Gasteiger partial charge in [-0.15, -0.1) is 0 Å². The molecule has 156 valence electrons. The zero-order valence-electron chi connectivity index (χ0n) is 15.7. The van der Waals surface area contributed by atoms with Crippen molar-refractivity contribution in [3.05, 3.63) is 103 Å². The summed E-state index contributed by atoms with van der Waals surface area (Å²) in [5.74, 6) is -0.363. The smallest absolute Gasteiger partial charge is 0.363 e. The van der Waals surface area contributed by atoms with Crippen molar-refractivity contribution >= 4 is 61.4 Å². The van der Waals surface area contributed by atoms with Gasteiger partial charge in [-0.25, -0.2) is 14.2 Å². The van der Waals surface area contributed by atoms with E-state index >= 15 is 0 Å². The third-order valence-electron chi connectivity index (χ3n) is 4.29. The highest BCUT2D eigenvalue weighted by atomic mass is 79.9.